The molecule has 1 aromatic carbocycles. The third-order valence-corrected chi connectivity index (χ3v) is 6.44. The second kappa shape index (κ2) is 3.60. The van der Waals surface area contributed by atoms with E-state index < -0.39 is 0 Å². The average molecular weight is 298 g/mol. The van der Waals surface area contributed by atoms with Gasteiger partial charge in [-0.15, -0.1) is 0 Å². The van der Waals surface area contributed by atoms with Crippen LogP contribution in [0.15, 0.2) is 34.7 Å². The Hall–Kier alpha value is -1.57. The van der Waals surface area contributed by atoms with Crippen LogP contribution in [0.2, 0.25) is 0 Å². The van der Waals surface area contributed by atoms with Gasteiger partial charge in [-0.2, -0.15) is 9.49 Å². The lowest BCUT2D eigenvalue weighted by atomic mass is 9.81. The van der Waals surface area contributed by atoms with Gasteiger partial charge in [0.15, 0.2) is 0 Å². The number of hydrazine groups is 1. The van der Waals surface area contributed by atoms with Crippen LogP contribution in [0.5, 0.6) is 0 Å². The highest BCUT2D eigenvalue weighted by atomic mass is 32.1. The Labute approximate surface area is 125 Å². The van der Waals surface area contributed by atoms with E-state index >= 15 is 0 Å². The largest absolute Gasteiger partial charge is 0.252 e. The highest BCUT2D eigenvalue weighted by molar-refractivity contribution is 7.13. The van der Waals surface area contributed by atoms with E-state index in [1.165, 1.54) is 28.0 Å². The van der Waals surface area contributed by atoms with Crippen molar-refractivity contribution in [3.8, 4) is 0 Å². The maximum atomic E-state index is 4.59. The minimum atomic E-state index is 0.363. The molecule has 0 amide bonds. The summed E-state index contributed by atoms with van der Waals surface area (Å²) in [7, 11) is 0. The van der Waals surface area contributed by atoms with Gasteiger partial charge in [0.05, 0.1) is 16.4 Å². The molecule has 0 radical (unpaired) electrons. The number of rotatable bonds is 1. The first-order valence-corrected chi connectivity index (χ1v) is 8.23. The summed E-state index contributed by atoms with van der Waals surface area (Å²) < 4.78 is 5.48. The van der Waals surface area contributed by atoms with Gasteiger partial charge in [-0.3, -0.25) is 10.9 Å². The first-order chi connectivity index (χ1) is 10.4. The summed E-state index contributed by atoms with van der Waals surface area (Å²) in [5, 5.41) is 12.5. The zero-order valence-electron chi connectivity index (χ0n) is 11.2. The van der Waals surface area contributed by atoms with Crippen molar-refractivity contribution in [2.24, 2.45) is 22.2 Å². The first kappa shape index (κ1) is 11.1. The molecule has 1 aromatic heterocycles. The number of hydrogen-bond acceptors (Lipinski definition) is 7. The number of nitrogens with one attached hydrogen (secondary N) is 2. The van der Waals surface area contributed by atoms with Gasteiger partial charge in [-0.25, -0.2) is 5.01 Å². The van der Waals surface area contributed by atoms with Crippen LogP contribution < -0.4 is 15.9 Å². The van der Waals surface area contributed by atoms with Crippen molar-refractivity contribution < 1.29 is 0 Å². The van der Waals surface area contributed by atoms with E-state index in [1.807, 2.05) is 6.20 Å². The topological polar surface area (TPSA) is 64.9 Å². The number of fused-ring (bicyclic) bond motifs is 9. The summed E-state index contributed by atoms with van der Waals surface area (Å²) in [6.07, 6.45) is 3.20. The van der Waals surface area contributed by atoms with Crippen LogP contribution in [0, 0.1) is 11.8 Å². The van der Waals surface area contributed by atoms with Gasteiger partial charge in [-0.1, -0.05) is 5.22 Å². The summed E-state index contributed by atoms with van der Waals surface area (Å²) in [5.74, 6) is 1.30. The molecule has 2 aromatic rings. The van der Waals surface area contributed by atoms with E-state index in [2.05, 4.69) is 48.8 Å². The van der Waals surface area contributed by atoms with Crippen LogP contribution in [0.4, 0.5) is 5.69 Å². The third kappa shape index (κ3) is 1.24. The molecule has 4 aliphatic rings. The van der Waals surface area contributed by atoms with Crippen LogP contribution in [0.1, 0.15) is 6.42 Å². The molecule has 2 bridgehead atoms. The first-order valence-electron chi connectivity index (χ1n) is 7.46. The van der Waals surface area contributed by atoms with Gasteiger partial charge in [-0.05, 0) is 36.2 Å². The van der Waals surface area contributed by atoms with Crippen LogP contribution in [-0.4, -0.2) is 28.5 Å². The molecular weight excluding hydrogens is 284 g/mol. The van der Waals surface area contributed by atoms with Crippen molar-refractivity contribution >= 4 is 27.3 Å². The van der Waals surface area contributed by atoms with E-state index in [9.17, 15) is 0 Å². The maximum absolute atomic E-state index is 4.59. The number of benzene rings is 1. The van der Waals surface area contributed by atoms with Gasteiger partial charge in [0, 0.05) is 35.5 Å². The molecule has 2 saturated carbocycles. The summed E-state index contributed by atoms with van der Waals surface area (Å²) in [4.78, 5) is 0. The Kier molecular flexibility index (Phi) is 1.90. The highest BCUT2D eigenvalue weighted by Gasteiger charge is 2.65. The summed E-state index contributed by atoms with van der Waals surface area (Å²) in [6.45, 7) is 0. The fourth-order valence-corrected chi connectivity index (χ4v) is 5.35. The van der Waals surface area contributed by atoms with Gasteiger partial charge in [0.2, 0.25) is 0 Å². The minimum Gasteiger partial charge on any atom is -0.252 e. The Balaban J connectivity index is 1.42. The molecule has 7 heteroatoms. The van der Waals surface area contributed by atoms with Crippen LogP contribution in [0.3, 0.4) is 0 Å². The van der Waals surface area contributed by atoms with Crippen molar-refractivity contribution in [2.45, 2.75) is 30.6 Å². The van der Waals surface area contributed by atoms with E-state index in [0.717, 1.165) is 5.69 Å². The van der Waals surface area contributed by atoms with Crippen LogP contribution in [-0.2, 0) is 0 Å². The van der Waals surface area contributed by atoms with Gasteiger partial charge < -0.3 is 0 Å². The smallest absolute Gasteiger partial charge is 0.100 e. The zero-order valence-corrected chi connectivity index (χ0v) is 12.0. The fourth-order valence-electron chi connectivity index (χ4n) is 4.72. The molecule has 6 atom stereocenters. The minimum absolute atomic E-state index is 0.363. The predicted molar refractivity (Wildman–Crippen MR) is 80.0 cm³/mol. The molecule has 2 aliphatic heterocycles. The molecule has 6 nitrogen and oxygen atoms in total. The number of nitrogens with zero attached hydrogens (tertiary/aromatic N) is 4. The van der Waals surface area contributed by atoms with E-state index in [0.29, 0.717) is 36.0 Å². The molecule has 106 valence electrons. The van der Waals surface area contributed by atoms with E-state index in [-0.39, 0.29) is 0 Å². The van der Waals surface area contributed by atoms with Crippen molar-refractivity contribution in [1.29, 1.82) is 0 Å². The number of anilines is 1. The Bertz CT molecular complexity index is 772. The summed E-state index contributed by atoms with van der Waals surface area (Å²) in [6, 6.07) is 8.49. The second-order valence-corrected chi connectivity index (χ2v) is 7.32. The molecule has 0 spiro atoms. The van der Waals surface area contributed by atoms with E-state index in [4.69, 9.17) is 0 Å². The Morgan fingerprint density at radius 3 is 3.00 bits per heavy atom. The molecule has 3 heterocycles. The van der Waals surface area contributed by atoms with Gasteiger partial charge >= 0.3 is 0 Å². The fraction of sp³-hybridized carbons (Fsp3) is 0.500. The molecule has 2 aliphatic carbocycles. The number of aromatic nitrogens is 1. The predicted octanol–water partition coefficient (Wildman–Crippen LogP) is 1.72. The normalized spacial score (nSPS) is 42.4. The van der Waals surface area contributed by atoms with Crippen LogP contribution in [0.25, 0.3) is 10.1 Å². The van der Waals surface area contributed by atoms with Crippen LogP contribution >= 0.6 is 11.5 Å². The summed E-state index contributed by atoms with van der Waals surface area (Å²) in [5.41, 5.74) is 7.88. The third-order valence-electron chi connectivity index (χ3n) is 5.66. The van der Waals surface area contributed by atoms with Crippen molar-refractivity contribution in [3.63, 3.8) is 0 Å². The lowest BCUT2D eigenvalue weighted by molar-refractivity contribution is 0.114. The van der Waals surface area contributed by atoms with Crippen molar-refractivity contribution in [2.75, 3.05) is 5.01 Å². The zero-order chi connectivity index (χ0) is 13.6. The van der Waals surface area contributed by atoms with Gasteiger partial charge in [0.25, 0.3) is 0 Å². The Morgan fingerprint density at radius 2 is 2.10 bits per heavy atom. The molecule has 6 rings (SSSR count). The molecule has 21 heavy (non-hydrogen) atoms. The molecule has 2 N–H and O–H groups in total. The lowest BCUT2D eigenvalue weighted by Gasteiger charge is -2.46. The standard InChI is InChI=1S/C14H14N6S/c1-2-10-6(5-15-21-10)3-7(1)20-14-9-4-8(13(14)18-19-20)11-12(9)17-16-11/h1-3,5,8-9,11-14,16-17H,4H2/t8-,9+,11+,12-,13-,14+/m0/s1. The molecule has 0 unspecified atom stereocenters. The monoisotopic (exact) mass is 298 g/mol. The molecular formula is C14H14N6S. The molecule has 1 saturated heterocycles. The quantitative estimate of drug-likeness (QED) is 0.841. The number of hydrogen-bond donors (Lipinski definition) is 2. The Morgan fingerprint density at radius 1 is 1.19 bits per heavy atom. The lowest BCUT2D eigenvalue weighted by Crippen LogP contribution is -2.73. The summed E-state index contributed by atoms with van der Waals surface area (Å²) >= 11 is 1.54. The SMILES string of the molecule is c1cc2sncc2cc1N1N=N[C@H]2[C@H]3C[C@H]([C@@H]4NN[C@H]34)[C@H]21. The molecule has 3 fully saturated rings. The average Bonchev–Trinajstić information content (AvgIpc) is 3.16. The second-order valence-electron chi connectivity index (χ2n) is 6.48. The van der Waals surface area contributed by atoms with Crippen molar-refractivity contribution in [1.82, 2.24) is 15.2 Å². The highest BCUT2D eigenvalue weighted by Crippen LogP contribution is 2.53. The van der Waals surface area contributed by atoms with Gasteiger partial charge in [0.1, 0.15) is 6.04 Å². The van der Waals surface area contributed by atoms with E-state index in [1.54, 1.807) is 0 Å². The maximum Gasteiger partial charge on any atom is 0.100 e. The van der Waals surface area contributed by atoms with Crippen molar-refractivity contribution in [3.05, 3.63) is 24.4 Å².